The second-order valence-corrected chi connectivity index (χ2v) is 4.75. The number of nitrogens with zero attached hydrogens (tertiary/aromatic N) is 1. The molecule has 3 rings (SSSR count). The van der Waals surface area contributed by atoms with Crippen LogP contribution >= 0.6 is 0 Å². The molecule has 0 aromatic heterocycles. The second-order valence-electron chi connectivity index (χ2n) is 4.75. The molecule has 2 heteroatoms. The van der Waals surface area contributed by atoms with Crippen LogP contribution in [0.15, 0.2) is 60.7 Å². The van der Waals surface area contributed by atoms with Gasteiger partial charge in [0.15, 0.2) is 0 Å². The van der Waals surface area contributed by atoms with Crippen molar-refractivity contribution in [3.05, 3.63) is 71.8 Å². The van der Waals surface area contributed by atoms with Crippen LogP contribution in [0, 0.1) is 0 Å². The lowest BCUT2D eigenvalue weighted by Gasteiger charge is -2.25. The molecule has 0 aliphatic carbocycles. The van der Waals surface area contributed by atoms with Gasteiger partial charge in [0.05, 0.1) is 12.1 Å². The number of benzene rings is 2. The van der Waals surface area contributed by atoms with Gasteiger partial charge in [0.1, 0.15) is 0 Å². The molecular formula is C16H17NO. The van der Waals surface area contributed by atoms with E-state index < -0.39 is 6.10 Å². The minimum atomic E-state index is -0.462. The van der Waals surface area contributed by atoms with Gasteiger partial charge < -0.3 is 5.11 Å². The van der Waals surface area contributed by atoms with Gasteiger partial charge in [-0.1, -0.05) is 60.7 Å². The molecular weight excluding hydrogens is 222 g/mol. The van der Waals surface area contributed by atoms with Crippen LogP contribution in [0.1, 0.15) is 23.3 Å². The summed E-state index contributed by atoms with van der Waals surface area (Å²) in [5.41, 5.74) is 2.17. The molecule has 0 bridgehead atoms. The average molecular weight is 239 g/mol. The minimum absolute atomic E-state index is 0.0774. The van der Waals surface area contributed by atoms with Crippen LogP contribution in [0.3, 0.4) is 0 Å². The Kier molecular flexibility index (Phi) is 3.13. The Morgan fingerprint density at radius 3 is 1.78 bits per heavy atom. The molecule has 2 atom stereocenters. The Hall–Kier alpha value is -1.64. The van der Waals surface area contributed by atoms with Crippen LogP contribution in [-0.4, -0.2) is 23.1 Å². The SMILES string of the molecule is O[C@H](c1ccccc1)[C@H](c1ccccc1)N1CC1. The van der Waals surface area contributed by atoms with E-state index in [1.807, 2.05) is 48.5 Å². The van der Waals surface area contributed by atoms with E-state index in [1.54, 1.807) is 0 Å². The van der Waals surface area contributed by atoms with Crippen LogP contribution in [0.2, 0.25) is 0 Å². The van der Waals surface area contributed by atoms with E-state index in [4.69, 9.17) is 0 Å². The fourth-order valence-corrected chi connectivity index (χ4v) is 2.41. The summed E-state index contributed by atoms with van der Waals surface area (Å²) < 4.78 is 0. The fourth-order valence-electron chi connectivity index (χ4n) is 2.41. The van der Waals surface area contributed by atoms with Crippen molar-refractivity contribution in [1.82, 2.24) is 4.90 Å². The number of hydrogen-bond acceptors (Lipinski definition) is 2. The molecule has 0 saturated carbocycles. The molecule has 1 heterocycles. The van der Waals surface area contributed by atoms with E-state index in [0.29, 0.717) is 0 Å². The Morgan fingerprint density at radius 1 is 0.778 bits per heavy atom. The van der Waals surface area contributed by atoms with Crippen molar-refractivity contribution in [1.29, 1.82) is 0 Å². The van der Waals surface area contributed by atoms with Gasteiger partial charge in [-0.05, 0) is 11.1 Å². The first-order chi connectivity index (χ1) is 8.86. The molecule has 1 N–H and O–H groups in total. The van der Waals surface area contributed by atoms with Gasteiger partial charge >= 0.3 is 0 Å². The summed E-state index contributed by atoms with van der Waals surface area (Å²) in [7, 11) is 0. The number of hydrogen-bond donors (Lipinski definition) is 1. The zero-order chi connectivity index (χ0) is 12.4. The normalized spacial score (nSPS) is 18.3. The fraction of sp³-hybridized carbons (Fsp3) is 0.250. The predicted molar refractivity (Wildman–Crippen MR) is 72.2 cm³/mol. The van der Waals surface area contributed by atoms with Crippen LogP contribution in [-0.2, 0) is 0 Å². The molecule has 1 aliphatic heterocycles. The van der Waals surface area contributed by atoms with Crippen molar-refractivity contribution in [2.45, 2.75) is 12.1 Å². The molecule has 92 valence electrons. The minimum Gasteiger partial charge on any atom is -0.386 e. The second kappa shape index (κ2) is 4.92. The summed E-state index contributed by atoms with van der Waals surface area (Å²) in [5.74, 6) is 0. The molecule has 2 aromatic carbocycles. The Balaban J connectivity index is 1.91. The maximum atomic E-state index is 10.6. The lowest BCUT2D eigenvalue weighted by atomic mass is 9.96. The van der Waals surface area contributed by atoms with Crippen molar-refractivity contribution in [2.24, 2.45) is 0 Å². The van der Waals surface area contributed by atoms with Gasteiger partial charge in [0.2, 0.25) is 0 Å². The molecule has 1 saturated heterocycles. The molecule has 0 amide bonds. The summed E-state index contributed by atoms with van der Waals surface area (Å²) in [6.45, 7) is 2.15. The van der Waals surface area contributed by atoms with E-state index in [2.05, 4.69) is 17.0 Å². The van der Waals surface area contributed by atoms with Gasteiger partial charge in [0, 0.05) is 13.1 Å². The predicted octanol–water partition coefficient (Wildman–Crippen LogP) is 2.78. The summed E-state index contributed by atoms with van der Waals surface area (Å²) in [6, 6.07) is 20.2. The first-order valence-corrected chi connectivity index (χ1v) is 6.38. The highest BCUT2D eigenvalue weighted by atomic mass is 16.3. The van der Waals surface area contributed by atoms with Crippen molar-refractivity contribution in [3.63, 3.8) is 0 Å². The highest BCUT2D eigenvalue weighted by Crippen LogP contribution is 2.37. The average Bonchev–Trinajstić information content (AvgIpc) is 3.26. The molecule has 1 aliphatic rings. The summed E-state index contributed by atoms with van der Waals surface area (Å²) in [4.78, 5) is 2.30. The van der Waals surface area contributed by atoms with Gasteiger partial charge in [-0.3, -0.25) is 4.90 Å². The first-order valence-electron chi connectivity index (χ1n) is 6.38. The molecule has 1 fully saturated rings. The molecule has 2 nitrogen and oxygen atoms in total. The zero-order valence-corrected chi connectivity index (χ0v) is 10.2. The number of aliphatic hydroxyl groups is 1. The third-order valence-corrected chi connectivity index (χ3v) is 3.46. The van der Waals surface area contributed by atoms with Gasteiger partial charge in [-0.2, -0.15) is 0 Å². The Labute approximate surface area is 107 Å². The summed E-state index contributed by atoms with van der Waals surface area (Å²) in [6.07, 6.45) is -0.462. The topological polar surface area (TPSA) is 23.2 Å². The quantitative estimate of drug-likeness (QED) is 0.829. The van der Waals surface area contributed by atoms with Crippen LogP contribution in [0.25, 0.3) is 0 Å². The largest absolute Gasteiger partial charge is 0.386 e. The van der Waals surface area contributed by atoms with Gasteiger partial charge in [-0.15, -0.1) is 0 Å². The van der Waals surface area contributed by atoms with Gasteiger partial charge in [-0.25, -0.2) is 0 Å². The standard InChI is InChI=1S/C16H17NO/c18-16(14-9-5-2-6-10-14)15(17-11-12-17)13-7-3-1-4-8-13/h1-10,15-16,18H,11-12H2/t15-,16+/m0/s1. The lowest BCUT2D eigenvalue weighted by molar-refractivity contribution is 0.100. The summed E-state index contributed by atoms with van der Waals surface area (Å²) in [5, 5.41) is 10.6. The Bertz CT molecular complexity index is 493. The molecule has 0 unspecified atom stereocenters. The van der Waals surface area contributed by atoms with Crippen molar-refractivity contribution in [3.8, 4) is 0 Å². The monoisotopic (exact) mass is 239 g/mol. The highest BCUT2D eigenvalue weighted by molar-refractivity contribution is 5.27. The molecule has 18 heavy (non-hydrogen) atoms. The van der Waals surface area contributed by atoms with Crippen molar-refractivity contribution in [2.75, 3.05) is 13.1 Å². The lowest BCUT2D eigenvalue weighted by Crippen LogP contribution is -2.18. The highest BCUT2D eigenvalue weighted by Gasteiger charge is 2.34. The van der Waals surface area contributed by atoms with Crippen LogP contribution in [0.5, 0.6) is 0 Å². The number of rotatable bonds is 4. The van der Waals surface area contributed by atoms with Gasteiger partial charge in [0.25, 0.3) is 0 Å². The van der Waals surface area contributed by atoms with E-state index in [1.165, 1.54) is 5.56 Å². The van der Waals surface area contributed by atoms with Crippen LogP contribution in [0.4, 0.5) is 0 Å². The van der Waals surface area contributed by atoms with E-state index in [9.17, 15) is 5.11 Å². The zero-order valence-electron chi connectivity index (χ0n) is 10.2. The third-order valence-electron chi connectivity index (χ3n) is 3.46. The molecule has 0 radical (unpaired) electrons. The maximum Gasteiger partial charge on any atom is 0.0986 e. The molecule has 2 aromatic rings. The van der Waals surface area contributed by atoms with E-state index >= 15 is 0 Å². The summed E-state index contributed by atoms with van der Waals surface area (Å²) >= 11 is 0. The maximum absolute atomic E-state index is 10.6. The number of aliphatic hydroxyl groups excluding tert-OH is 1. The first kappa shape index (κ1) is 11.5. The van der Waals surface area contributed by atoms with Crippen molar-refractivity contribution < 1.29 is 5.11 Å². The molecule has 0 spiro atoms. The Morgan fingerprint density at radius 2 is 1.28 bits per heavy atom. The third kappa shape index (κ3) is 2.30. The van der Waals surface area contributed by atoms with E-state index in [-0.39, 0.29) is 6.04 Å². The van der Waals surface area contributed by atoms with Crippen LogP contribution < -0.4 is 0 Å². The smallest absolute Gasteiger partial charge is 0.0986 e. The van der Waals surface area contributed by atoms with E-state index in [0.717, 1.165) is 18.7 Å². The van der Waals surface area contributed by atoms with Crippen molar-refractivity contribution >= 4 is 0 Å².